The van der Waals surface area contributed by atoms with Crippen molar-refractivity contribution in [3.63, 3.8) is 0 Å². The Morgan fingerprint density at radius 1 is 1.14 bits per heavy atom. The van der Waals surface area contributed by atoms with Crippen LogP contribution in [0.1, 0.15) is 55.1 Å². The van der Waals surface area contributed by atoms with E-state index >= 15 is 0 Å². The Hall–Kier alpha value is -2.29. The van der Waals surface area contributed by atoms with Gasteiger partial charge in [-0.15, -0.1) is 0 Å². The minimum atomic E-state index is -0.222. The van der Waals surface area contributed by atoms with Gasteiger partial charge in [-0.25, -0.2) is 0 Å². The van der Waals surface area contributed by atoms with E-state index in [-0.39, 0.29) is 23.2 Å². The van der Waals surface area contributed by atoms with Crippen LogP contribution in [0.5, 0.6) is 11.5 Å². The fourth-order valence-electron chi connectivity index (χ4n) is 2.14. The summed E-state index contributed by atoms with van der Waals surface area (Å²) in [4.78, 5) is 12.5. The van der Waals surface area contributed by atoms with Gasteiger partial charge in [-0.1, -0.05) is 26.0 Å². The predicted octanol–water partition coefficient (Wildman–Crippen LogP) is 4.33. The molecule has 0 aliphatic heterocycles. The van der Waals surface area contributed by atoms with E-state index < -0.39 is 0 Å². The quantitative estimate of drug-likeness (QED) is 0.835. The van der Waals surface area contributed by atoms with Gasteiger partial charge in [0.15, 0.2) is 5.78 Å². The maximum Gasteiger partial charge on any atom is 0.196 e. The van der Waals surface area contributed by atoms with E-state index in [1.165, 1.54) is 6.07 Å². The molecule has 0 atom stereocenters. The molecule has 0 aromatic heterocycles. The number of hydrogen-bond acceptors (Lipinski definition) is 3. The summed E-state index contributed by atoms with van der Waals surface area (Å²) in [7, 11) is 0. The van der Waals surface area contributed by atoms with Gasteiger partial charge in [0, 0.05) is 11.6 Å². The highest BCUT2D eigenvalue weighted by Gasteiger charge is 2.15. The van der Waals surface area contributed by atoms with Crippen molar-refractivity contribution in [1.82, 2.24) is 0 Å². The number of ketones is 1. The molecule has 0 saturated carbocycles. The monoisotopic (exact) mass is 297 g/mol. The highest BCUT2D eigenvalue weighted by Crippen LogP contribution is 2.27. The van der Waals surface area contributed by atoms with Crippen molar-refractivity contribution in [2.75, 3.05) is 0 Å². The minimum absolute atomic E-state index is 0.0131. The lowest BCUT2D eigenvalue weighted by Gasteiger charge is -2.11. The molecule has 2 aromatic rings. The molecule has 0 fully saturated rings. The highest BCUT2D eigenvalue weighted by atomic mass is 16.5. The van der Waals surface area contributed by atoms with Crippen LogP contribution in [0.4, 0.5) is 0 Å². The molecule has 0 aliphatic carbocycles. The second-order valence-corrected chi connectivity index (χ2v) is 5.86. The van der Waals surface area contributed by atoms with Crippen LogP contribution in [0.15, 0.2) is 36.4 Å². The number of carbonyl (C=O) groups is 1. The first-order valence-corrected chi connectivity index (χ1v) is 7.44. The number of carbonyl (C=O) groups excluding carboxylic acids is 1. The Kier molecular flexibility index (Phi) is 4.86. The van der Waals surface area contributed by atoms with Gasteiger partial charge in [-0.2, -0.15) is 0 Å². The van der Waals surface area contributed by atoms with Crippen LogP contribution in [0, 0.1) is 6.07 Å². The molecule has 2 rings (SSSR count). The van der Waals surface area contributed by atoms with Crippen molar-refractivity contribution in [2.45, 2.75) is 39.7 Å². The first kappa shape index (κ1) is 16.1. The lowest BCUT2D eigenvalue weighted by molar-refractivity contribution is 0.103. The van der Waals surface area contributed by atoms with E-state index in [4.69, 9.17) is 4.74 Å². The van der Waals surface area contributed by atoms with Crippen LogP contribution in [0.25, 0.3) is 0 Å². The normalized spacial score (nSPS) is 11.0. The Morgan fingerprint density at radius 2 is 1.86 bits per heavy atom. The number of benzene rings is 2. The van der Waals surface area contributed by atoms with Gasteiger partial charge in [0.1, 0.15) is 11.5 Å². The van der Waals surface area contributed by atoms with Gasteiger partial charge >= 0.3 is 0 Å². The van der Waals surface area contributed by atoms with Gasteiger partial charge in [0.2, 0.25) is 0 Å². The van der Waals surface area contributed by atoms with E-state index in [0.717, 1.165) is 5.56 Å². The number of ether oxygens (including phenoxy) is 1. The largest absolute Gasteiger partial charge is 0.507 e. The molecule has 0 unspecified atom stereocenters. The standard InChI is InChI=1S/C19H21O3/c1-12(2)14-5-7-15(8-6-14)19(21)17-10-9-16(11-18(17)20)22-13(3)4/h5,7-13,20H,1-4H3. The van der Waals surface area contributed by atoms with Gasteiger partial charge < -0.3 is 9.84 Å². The molecule has 0 amide bonds. The van der Waals surface area contributed by atoms with Gasteiger partial charge in [-0.05, 0) is 49.6 Å². The van der Waals surface area contributed by atoms with Crippen molar-refractivity contribution in [3.8, 4) is 11.5 Å². The molecule has 22 heavy (non-hydrogen) atoms. The minimum Gasteiger partial charge on any atom is -0.507 e. The van der Waals surface area contributed by atoms with E-state index in [1.807, 2.05) is 19.9 Å². The first-order chi connectivity index (χ1) is 10.4. The second-order valence-electron chi connectivity index (χ2n) is 5.86. The first-order valence-electron chi connectivity index (χ1n) is 7.44. The van der Waals surface area contributed by atoms with E-state index in [9.17, 15) is 9.90 Å². The van der Waals surface area contributed by atoms with E-state index in [0.29, 0.717) is 17.2 Å². The topological polar surface area (TPSA) is 46.5 Å². The molecule has 0 spiro atoms. The molecule has 0 aliphatic rings. The molecule has 1 radical (unpaired) electrons. The average molecular weight is 297 g/mol. The van der Waals surface area contributed by atoms with Gasteiger partial charge in [-0.3, -0.25) is 4.79 Å². The maximum absolute atomic E-state index is 12.5. The molecule has 0 heterocycles. The summed E-state index contributed by atoms with van der Waals surface area (Å²) in [5.74, 6) is 0.618. The molecule has 0 bridgehead atoms. The van der Waals surface area contributed by atoms with Crippen LogP contribution >= 0.6 is 0 Å². The maximum atomic E-state index is 12.5. The SMILES string of the molecule is CC(C)Oc1ccc(C(=O)c2c[c]c(C(C)C)cc2)c(O)c1. The Bertz CT molecular complexity index is 655. The van der Waals surface area contributed by atoms with Gasteiger partial charge in [0.25, 0.3) is 0 Å². The fourth-order valence-corrected chi connectivity index (χ4v) is 2.14. The summed E-state index contributed by atoms with van der Waals surface area (Å²) >= 11 is 0. The van der Waals surface area contributed by atoms with Crippen LogP contribution in [-0.2, 0) is 0 Å². The Morgan fingerprint density at radius 3 is 2.36 bits per heavy atom. The molecule has 1 N–H and O–H groups in total. The van der Waals surface area contributed by atoms with Crippen LogP contribution < -0.4 is 4.74 Å². The van der Waals surface area contributed by atoms with Crippen LogP contribution in [0.2, 0.25) is 0 Å². The van der Waals surface area contributed by atoms with Crippen LogP contribution in [-0.4, -0.2) is 17.0 Å². The zero-order valence-electron chi connectivity index (χ0n) is 13.4. The molecule has 3 nitrogen and oxygen atoms in total. The number of aromatic hydroxyl groups is 1. The second kappa shape index (κ2) is 6.65. The Labute approximate surface area is 131 Å². The third-order valence-electron chi connectivity index (χ3n) is 3.31. The number of rotatable bonds is 5. The Balaban J connectivity index is 2.25. The molecular weight excluding hydrogens is 276 g/mol. The summed E-state index contributed by atoms with van der Waals surface area (Å²) in [5.41, 5.74) is 1.83. The zero-order valence-corrected chi connectivity index (χ0v) is 13.4. The van der Waals surface area contributed by atoms with Crippen molar-refractivity contribution in [3.05, 3.63) is 59.2 Å². The smallest absolute Gasteiger partial charge is 0.196 e. The third kappa shape index (κ3) is 3.67. The lowest BCUT2D eigenvalue weighted by Crippen LogP contribution is -2.06. The van der Waals surface area contributed by atoms with Crippen molar-refractivity contribution in [2.24, 2.45) is 0 Å². The molecule has 115 valence electrons. The van der Waals surface area contributed by atoms with Crippen molar-refractivity contribution in [1.29, 1.82) is 0 Å². The average Bonchev–Trinajstić information content (AvgIpc) is 2.46. The summed E-state index contributed by atoms with van der Waals surface area (Å²) in [6.07, 6.45) is 0.0131. The molecule has 3 heteroatoms. The summed E-state index contributed by atoms with van der Waals surface area (Å²) in [6.45, 7) is 7.96. The predicted molar refractivity (Wildman–Crippen MR) is 86.7 cm³/mol. The number of phenolic OH excluding ortho intramolecular Hbond substituents is 1. The number of phenols is 1. The van der Waals surface area contributed by atoms with Crippen molar-refractivity contribution >= 4 is 5.78 Å². The molecular formula is C19H21O3. The molecule has 0 saturated heterocycles. The van der Waals surface area contributed by atoms with Crippen LogP contribution in [0.3, 0.4) is 0 Å². The fraction of sp³-hybridized carbons (Fsp3) is 0.316. The van der Waals surface area contributed by atoms with Crippen molar-refractivity contribution < 1.29 is 14.6 Å². The van der Waals surface area contributed by atoms with E-state index in [1.54, 1.807) is 24.3 Å². The molecule has 2 aromatic carbocycles. The third-order valence-corrected chi connectivity index (χ3v) is 3.31. The van der Waals surface area contributed by atoms with E-state index in [2.05, 4.69) is 19.9 Å². The lowest BCUT2D eigenvalue weighted by atomic mass is 9.97. The summed E-state index contributed by atoms with van der Waals surface area (Å²) < 4.78 is 5.50. The number of hydrogen-bond donors (Lipinski definition) is 1. The van der Waals surface area contributed by atoms with Gasteiger partial charge in [0.05, 0.1) is 11.7 Å². The zero-order chi connectivity index (χ0) is 16.3. The highest BCUT2D eigenvalue weighted by molar-refractivity contribution is 6.10. The summed E-state index contributed by atoms with van der Waals surface area (Å²) in [6, 6.07) is 13.2. The summed E-state index contributed by atoms with van der Waals surface area (Å²) in [5, 5.41) is 10.1.